The zero-order valence-electron chi connectivity index (χ0n) is 14.9. The van der Waals surface area contributed by atoms with E-state index in [0.29, 0.717) is 0 Å². The Balaban J connectivity index is 1.50. The maximum Gasteiger partial charge on any atom is 0.230 e. The highest BCUT2D eigenvalue weighted by molar-refractivity contribution is 9.10. The van der Waals surface area contributed by atoms with E-state index in [2.05, 4.69) is 64.1 Å². The third-order valence-electron chi connectivity index (χ3n) is 5.69. The summed E-state index contributed by atoms with van der Waals surface area (Å²) in [5, 5.41) is 3.18. The van der Waals surface area contributed by atoms with Gasteiger partial charge in [0.2, 0.25) is 5.91 Å². The Bertz CT molecular complexity index is 595. The SMILES string of the molecule is CN1CCN(CCNC(=O)C2(c3ccc(Br)cc3)CC2)CC1(C)C. The van der Waals surface area contributed by atoms with E-state index in [4.69, 9.17) is 0 Å². The molecule has 1 amide bonds. The fraction of sp³-hybridized carbons (Fsp3) is 0.632. The predicted molar refractivity (Wildman–Crippen MR) is 101 cm³/mol. The minimum atomic E-state index is -0.276. The van der Waals surface area contributed by atoms with Crippen LogP contribution in [0.4, 0.5) is 0 Å². The topological polar surface area (TPSA) is 35.6 Å². The van der Waals surface area contributed by atoms with Gasteiger partial charge in [-0.15, -0.1) is 0 Å². The first kappa shape index (κ1) is 17.9. The maximum absolute atomic E-state index is 12.7. The molecule has 1 aromatic carbocycles. The lowest BCUT2D eigenvalue weighted by molar-refractivity contribution is -0.123. The van der Waals surface area contributed by atoms with Crippen molar-refractivity contribution in [2.24, 2.45) is 0 Å². The van der Waals surface area contributed by atoms with Crippen molar-refractivity contribution in [3.63, 3.8) is 0 Å². The average molecular weight is 394 g/mol. The highest BCUT2D eigenvalue weighted by atomic mass is 79.9. The number of nitrogens with one attached hydrogen (secondary N) is 1. The zero-order valence-corrected chi connectivity index (χ0v) is 16.5. The third-order valence-corrected chi connectivity index (χ3v) is 6.22. The van der Waals surface area contributed by atoms with E-state index >= 15 is 0 Å². The second-order valence-electron chi connectivity index (χ2n) is 7.86. The molecule has 4 nitrogen and oxygen atoms in total. The molecule has 1 saturated carbocycles. The van der Waals surface area contributed by atoms with Crippen LogP contribution in [0.3, 0.4) is 0 Å². The number of nitrogens with zero attached hydrogens (tertiary/aromatic N) is 2. The Morgan fingerprint density at radius 2 is 1.88 bits per heavy atom. The number of halogens is 1. The summed E-state index contributed by atoms with van der Waals surface area (Å²) < 4.78 is 1.06. The largest absolute Gasteiger partial charge is 0.354 e. The molecule has 0 aromatic heterocycles. The average Bonchev–Trinajstić information content (AvgIpc) is 3.33. The molecule has 1 aliphatic heterocycles. The summed E-state index contributed by atoms with van der Waals surface area (Å²) in [5.74, 6) is 0.193. The molecule has 5 heteroatoms. The molecule has 2 fully saturated rings. The summed E-state index contributed by atoms with van der Waals surface area (Å²) in [5.41, 5.74) is 1.07. The van der Waals surface area contributed by atoms with Gasteiger partial charge in [0.05, 0.1) is 5.41 Å². The minimum absolute atomic E-state index is 0.193. The van der Waals surface area contributed by atoms with Crippen molar-refractivity contribution in [3.8, 4) is 0 Å². The fourth-order valence-corrected chi connectivity index (χ4v) is 3.83. The second-order valence-corrected chi connectivity index (χ2v) is 8.77. The molecule has 1 aliphatic carbocycles. The standard InChI is InChI=1S/C19H28BrN3O/c1-18(2)14-23(13-12-22(18)3)11-10-21-17(24)19(8-9-19)15-4-6-16(20)7-5-15/h4-7H,8-14H2,1-3H3,(H,21,24). The van der Waals surface area contributed by atoms with Crippen molar-refractivity contribution in [2.45, 2.75) is 37.6 Å². The van der Waals surface area contributed by atoms with Gasteiger partial charge in [0.25, 0.3) is 0 Å². The minimum Gasteiger partial charge on any atom is -0.354 e. The molecule has 0 bridgehead atoms. The van der Waals surface area contributed by atoms with Crippen LogP contribution in [0.1, 0.15) is 32.3 Å². The quantitative estimate of drug-likeness (QED) is 0.834. The van der Waals surface area contributed by atoms with Crippen LogP contribution in [0.25, 0.3) is 0 Å². The number of benzene rings is 1. The molecule has 0 spiro atoms. The number of rotatable bonds is 5. The first-order chi connectivity index (χ1) is 11.3. The Labute approximate surface area is 153 Å². The van der Waals surface area contributed by atoms with Crippen LogP contribution in [0, 0.1) is 0 Å². The normalized spacial score (nSPS) is 23.0. The van der Waals surface area contributed by atoms with Crippen molar-refractivity contribution in [1.82, 2.24) is 15.1 Å². The summed E-state index contributed by atoms with van der Waals surface area (Å²) >= 11 is 3.46. The third kappa shape index (κ3) is 3.68. The van der Waals surface area contributed by atoms with Gasteiger partial charge in [-0.1, -0.05) is 28.1 Å². The first-order valence-corrected chi connectivity index (χ1v) is 9.61. The molecule has 0 radical (unpaired) electrons. The lowest BCUT2D eigenvalue weighted by atomic mass is 9.95. The van der Waals surface area contributed by atoms with Crippen LogP contribution in [-0.4, -0.2) is 61.0 Å². The summed E-state index contributed by atoms with van der Waals surface area (Å²) in [7, 11) is 2.19. The van der Waals surface area contributed by atoms with E-state index in [0.717, 1.165) is 55.6 Å². The van der Waals surface area contributed by atoms with Crippen molar-refractivity contribution in [3.05, 3.63) is 34.3 Å². The molecule has 1 aromatic rings. The lowest BCUT2D eigenvalue weighted by Gasteiger charge is -2.45. The van der Waals surface area contributed by atoms with Crippen molar-refractivity contribution < 1.29 is 4.79 Å². The second kappa shape index (κ2) is 6.77. The lowest BCUT2D eigenvalue weighted by Crippen LogP contribution is -2.58. The molecule has 132 valence electrons. The van der Waals surface area contributed by atoms with E-state index in [9.17, 15) is 4.79 Å². The Hall–Kier alpha value is -0.910. The van der Waals surface area contributed by atoms with Crippen LogP contribution in [0.2, 0.25) is 0 Å². The molecule has 0 unspecified atom stereocenters. The molecule has 3 rings (SSSR count). The van der Waals surface area contributed by atoms with E-state index in [1.165, 1.54) is 0 Å². The summed E-state index contributed by atoms with van der Waals surface area (Å²) in [6.45, 7) is 9.44. The monoisotopic (exact) mass is 393 g/mol. The predicted octanol–water partition coefficient (Wildman–Crippen LogP) is 2.62. The van der Waals surface area contributed by atoms with Gasteiger partial charge in [-0.25, -0.2) is 0 Å². The van der Waals surface area contributed by atoms with E-state index in [-0.39, 0.29) is 16.9 Å². The zero-order chi connectivity index (χ0) is 17.4. The van der Waals surface area contributed by atoms with Gasteiger partial charge in [0.15, 0.2) is 0 Å². The number of likely N-dealkylation sites (N-methyl/N-ethyl adjacent to an activating group) is 1. The van der Waals surface area contributed by atoms with Crippen molar-refractivity contribution >= 4 is 21.8 Å². The van der Waals surface area contributed by atoms with Gasteiger partial charge >= 0.3 is 0 Å². The van der Waals surface area contributed by atoms with E-state index < -0.39 is 0 Å². The van der Waals surface area contributed by atoms with E-state index in [1.807, 2.05) is 12.1 Å². The fourth-order valence-electron chi connectivity index (χ4n) is 3.57. The number of hydrogen-bond acceptors (Lipinski definition) is 3. The molecule has 1 heterocycles. The van der Waals surface area contributed by atoms with Crippen molar-refractivity contribution in [1.29, 1.82) is 0 Å². The van der Waals surface area contributed by atoms with Crippen LogP contribution in [0.5, 0.6) is 0 Å². The van der Waals surface area contributed by atoms with Gasteiger partial charge in [-0.05, 0) is 51.4 Å². The number of carbonyl (C=O) groups excluding carboxylic acids is 1. The van der Waals surface area contributed by atoms with Gasteiger partial charge in [0, 0.05) is 42.7 Å². The molecule has 1 saturated heterocycles. The molecule has 24 heavy (non-hydrogen) atoms. The number of carbonyl (C=O) groups is 1. The smallest absolute Gasteiger partial charge is 0.230 e. The molecule has 0 atom stereocenters. The first-order valence-electron chi connectivity index (χ1n) is 8.81. The highest BCUT2D eigenvalue weighted by Gasteiger charge is 2.51. The molecule has 1 N–H and O–H groups in total. The summed E-state index contributed by atoms with van der Waals surface area (Å²) in [6, 6.07) is 8.18. The van der Waals surface area contributed by atoms with Gasteiger partial charge in [-0.3, -0.25) is 14.6 Å². The van der Waals surface area contributed by atoms with Crippen LogP contribution >= 0.6 is 15.9 Å². The van der Waals surface area contributed by atoms with Gasteiger partial charge < -0.3 is 5.32 Å². The van der Waals surface area contributed by atoms with E-state index in [1.54, 1.807) is 0 Å². The molecule has 2 aliphatic rings. The van der Waals surface area contributed by atoms with Crippen LogP contribution in [-0.2, 0) is 10.2 Å². The summed E-state index contributed by atoms with van der Waals surface area (Å²) in [6.07, 6.45) is 1.92. The van der Waals surface area contributed by atoms with Crippen molar-refractivity contribution in [2.75, 3.05) is 39.8 Å². The molecular weight excluding hydrogens is 366 g/mol. The number of piperazine rings is 1. The number of amides is 1. The Kier molecular flexibility index (Phi) is 5.05. The Morgan fingerprint density at radius 3 is 2.46 bits per heavy atom. The van der Waals surface area contributed by atoms with Gasteiger partial charge in [0.1, 0.15) is 0 Å². The number of hydrogen-bond donors (Lipinski definition) is 1. The summed E-state index contributed by atoms with van der Waals surface area (Å²) in [4.78, 5) is 17.6. The maximum atomic E-state index is 12.7. The highest BCUT2D eigenvalue weighted by Crippen LogP contribution is 2.48. The molecular formula is C19H28BrN3O. The van der Waals surface area contributed by atoms with Crippen LogP contribution in [0.15, 0.2) is 28.7 Å². The Morgan fingerprint density at radius 1 is 1.21 bits per heavy atom. The van der Waals surface area contributed by atoms with Crippen LogP contribution < -0.4 is 5.32 Å². The van der Waals surface area contributed by atoms with Gasteiger partial charge in [-0.2, -0.15) is 0 Å².